The van der Waals surface area contributed by atoms with Crippen LogP contribution < -0.4 is 0 Å². The molecule has 2 aromatic carbocycles. The Balaban J connectivity index is 0.000000148. The molecule has 3 unspecified atom stereocenters. The van der Waals surface area contributed by atoms with E-state index in [1.807, 2.05) is 61.8 Å². The van der Waals surface area contributed by atoms with Crippen molar-refractivity contribution >= 4 is 39.3 Å². The molecule has 0 bridgehead atoms. The molecule has 100 heavy (non-hydrogen) atoms. The van der Waals surface area contributed by atoms with Gasteiger partial charge >= 0.3 is 11.9 Å². The van der Waals surface area contributed by atoms with Crippen LogP contribution in [0.1, 0.15) is 205 Å². The van der Waals surface area contributed by atoms with Crippen molar-refractivity contribution in [2.45, 2.75) is 259 Å². The number of ether oxygens (including phenoxy) is 8. The van der Waals surface area contributed by atoms with Gasteiger partial charge in [-0.3, -0.25) is 10.4 Å². The lowest BCUT2D eigenvalue weighted by Crippen LogP contribution is -2.60. The summed E-state index contributed by atoms with van der Waals surface area (Å²) in [6.45, 7) is 23.8. The average Bonchev–Trinajstić information content (AvgIpc) is 1.36. The number of rotatable bonds is 13. The molecule has 4 saturated carbocycles. The van der Waals surface area contributed by atoms with Crippen LogP contribution in [0.5, 0.6) is 0 Å². The van der Waals surface area contributed by atoms with E-state index in [0.29, 0.717) is 34.3 Å². The minimum Gasteiger partial charge on any atom is -0.453 e. The molecule has 14 rings (SSSR count). The molecule has 11 aliphatic rings. The number of benzene rings is 2. The number of fused-ring (bicyclic) bond motifs is 10. The predicted octanol–water partition coefficient (Wildman–Crippen LogP) is 15.7. The molecule has 0 radical (unpaired) electrons. The van der Waals surface area contributed by atoms with Crippen LogP contribution >= 0.6 is 15.9 Å². The zero-order chi connectivity index (χ0) is 71.2. The van der Waals surface area contributed by atoms with Crippen molar-refractivity contribution in [1.82, 2.24) is 4.98 Å². The fourth-order valence-electron chi connectivity index (χ4n) is 20.8. The van der Waals surface area contributed by atoms with Crippen LogP contribution in [0, 0.1) is 86.2 Å². The first-order chi connectivity index (χ1) is 47.8. The summed E-state index contributed by atoms with van der Waals surface area (Å²) in [5, 5.41) is 47.7. The van der Waals surface area contributed by atoms with Gasteiger partial charge in [-0.2, -0.15) is 0 Å². The van der Waals surface area contributed by atoms with E-state index >= 15 is 0 Å². The van der Waals surface area contributed by atoms with E-state index in [9.17, 15) is 30.0 Å². The van der Waals surface area contributed by atoms with Crippen molar-refractivity contribution in [1.29, 1.82) is 5.41 Å². The fourth-order valence-corrected chi connectivity index (χ4v) is 21.5. The van der Waals surface area contributed by atoms with Gasteiger partial charge in [-0.25, -0.2) is 9.59 Å². The number of esters is 2. The van der Waals surface area contributed by atoms with Crippen LogP contribution in [0.15, 0.2) is 125 Å². The van der Waals surface area contributed by atoms with Crippen molar-refractivity contribution in [3.63, 3.8) is 0 Å². The minimum absolute atomic E-state index is 0.0287. The zero-order valence-electron chi connectivity index (χ0n) is 60.9. The fraction of sp³-hybridized carbons (Fsp3) is 0.663. The molecule has 4 heterocycles. The first-order valence-corrected chi connectivity index (χ1v) is 38.7. The molecule has 8 aliphatic carbocycles. The van der Waals surface area contributed by atoms with Gasteiger partial charge in [0.25, 0.3) is 0 Å². The molecule has 7 fully saturated rings. The molecule has 1 aromatic heterocycles. The second-order valence-corrected chi connectivity index (χ2v) is 33.4. The number of aliphatic hydroxyl groups is 4. The third kappa shape index (κ3) is 14.5. The molecule has 0 amide bonds. The zero-order valence-corrected chi connectivity index (χ0v) is 62.5. The maximum absolute atomic E-state index is 13.1. The molecule has 546 valence electrons. The number of nitrogens with one attached hydrogen (secondary N) is 1. The number of hydrogen-bond donors (Lipinski definition) is 5. The van der Waals surface area contributed by atoms with Crippen molar-refractivity contribution < 1.29 is 67.9 Å². The summed E-state index contributed by atoms with van der Waals surface area (Å²) in [5.74, 6) is 4.36. The first kappa shape index (κ1) is 74.8. The number of allylic oxidation sites excluding steroid dienone is 6. The molecule has 5 N–H and O–H groups in total. The molecule has 3 saturated heterocycles. The molecular formula is C83H113BrN2O14. The lowest BCUT2D eigenvalue weighted by Gasteiger charge is -2.58. The number of nitrogens with zero attached hydrogens (tertiary/aromatic N) is 1. The monoisotopic (exact) mass is 1440 g/mol. The molecular weight excluding hydrogens is 1330 g/mol. The predicted molar refractivity (Wildman–Crippen MR) is 387 cm³/mol. The lowest BCUT2D eigenvalue weighted by atomic mass is 9.47. The highest BCUT2D eigenvalue weighted by Crippen LogP contribution is 2.68. The first-order valence-electron chi connectivity index (χ1n) is 37.9. The summed E-state index contributed by atoms with van der Waals surface area (Å²) in [6, 6.07) is 22.4. The highest BCUT2D eigenvalue weighted by molar-refractivity contribution is 9.11. The summed E-state index contributed by atoms with van der Waals surface area (Å²) in [4.78, 5) is 29.8. The normalized spacial score (nSPS) is 42.3. The molecule has 17 heteroatoms. The maximum atomic E-state index is 13.1. The Morgan fingerprint density at radius 1 is 0.550 bits per heavy atom. The Morgan fingerprint density at radius 3 is 1.54 bits per heavy atom. The molecule has 27 atom stereocenters. The van der Waals surface area contributed by atoms with E-state index in [1.54, 1.807) is 36.8 Å². The van der Waals surface area contributed by atoms with Crippen molar-refractivity contribution in [2.75, 3.05) is 6.61 Å². The van der Waals surface area contributed by atoms with Crippen LogP contribution in [0.3, 0.4) is 0 Å². The van der Waals surface area contributed by atoms with Gasteiger partial charge in [-0.1, -0.05) is 163 Å². The van der Waals surface area contributed by atoms with E-state index in [1.165, 1.54) is 59.7 Å². The van der Waals surface area contributed by atoms with E-state index in [-0.39, 0.29) is 76.2 Å². The summed E-state index contributed by atoms with van der Waals surface area (Å²) < 4.78 is 49.8. The number of aromatic nitrogens is 1. The Kier molecular flexibility index (Phi) is 23.2. The maximum Gasteiger partial charge on any atom is 0.338 e. The van der Waals surface area contributed by atoms with Crippen molar-refractivity contribution in [2.24, 2.45) is 80.8 Å². The van der Waals surface area contributed by atoms with E-state index < -0.39 is 68.1 Å². The van der Waals surface area contributed by atoms with Crippen LogP contribution in [0.25, 0.3) is 5.57 Å². The highest BCUT2D eigenvalue weighted by atomic mass is 79.9. The molecule has 16 nitrogen and oxygen atoms in total. The van der Waals surface area contributed by atoms with E-state index in [2.05, 4.69) is 114 Å². The van der Waals surface area contributed by atoms with Gasteiger partial charge in [-0.15, -0.1) is 0 Å². The molecule has 3 aliphatic heterocycles. The van der Waals surface area contributed by atoms with Gasteiger partial charge in [-0.05, 0) is 212 Å². The molecule has 3 aromatic rings. The van der Waals surface area contributed by atoms with Gasteiger partial charge in [0.05, 0.1) is 42.1 Å². The number of aliphatic hydroxyl groups excluding tert-OH is 4. The third-order valence-corrected chi connectivity index (χ3v) is 28.5. The van der Waals surface area contributed by atoms with Crippen LogP contribution in [0.2, 0.25) is 0 Å². The van der Waals surface area contributed by atoms with Crippen molar-refractivity contribution in [3.05, 3.63) is 142 Å². The van der Waals surface area contributed by atoms with Crippen LogP contribution in [-0.4, -0.2) is 130 Å². The smallest absolute Gasteiger partial charge is 0.338 e. The number of carbonyl (C=O) groups excluding carboxylic acids is 2. The summed E-state index contributed by atoms with van der Waals surface area (Å²) >= 11 is 3.93. The average molecular weight is 1440 g/mol. The number of halogens is 1. The number of carbonyl (C=O) groups is 2. The van der Waals surface area contributed by atoms with Crippen molar-refractivity contribution in [3.8, 4) is 0 Å². The second kappa shape index (κ2) is 31.0. The van der Waals surface area contributed by atoms with Gasteiger partial charge in [0.1, 0.15) is 24.4 Å². The third-order valence-electron chi connectivity index (χ3n) is 27.3. The molecule has 0 spiro atoms. The van der Waals surface area contributed by atoms with Gasteiger partial charge in [0.15, 0.2) is 30.7 Å². The van der Waals surface area contributed by atoms with E-state index in [4.69, 9.17) is 43.3 Å². The largest absolute Gasteiger partial charge is 0.453 e. The van der Waals surface area contributed by atoms with Gasteiger partial charge < -0.3 is 58.3 Å². The van der Waals surface area contributed by atoms with Crippen LogP contribution in [0.4, 0.5) is 0 Å². The summed E-state index contributed by atoms with van der Waals surface area (Å²) in [6.07, 6.45) is 22.9. The van der Waals surface area contributed by atoms with Gasteiger partial charge in [0.2, 0.25) is 6.29 Å². The second-order valence-electron chi connectivity index (χ2n) is 32.5. The summed E-state index contributed by atoms with van der Waals surface area (Å²) in [5.41, 5.74) is 7.83. The van der Waals surface area contributed by atoms with E-state index in [0.717, 1.165) is 82.0 Å². The number of pyridine rings is 1. The van der Waals surface area contributed by atoms with Gasteiger partial charge in [0, 0.05) is 36.6 Å². The summed E-state index contributed by atoms with van der Waals surface area (Å²) in [7, 11) is 0. The Labute approximate surface area is 602 Å². The quantitative estimate of drug-likeness (QED) is 0.0464. The Morgan fingerprint density at radius 2 is 1.03 bits per heavy atom. The topological polar surface area (TPSA) is 226 Å². The minimum atomic E-state index is -1.41. The van der Waals surface area contributed by atoms with Crippen LogP contribution in [-0.2, 0) is 37.9 Å². The highest BCUT2D eigenvalue weighted by Gasteiger charge is 2.60. The standard InChI is InChI=1S/C35H47BrO4.C30H41NO6.C18H25NO4/c1-6-29-21(2)22(3)31(40-32(37)23-10-8-7-9-11-23)33(39-29)38-25-16-18-34(4)24(20-25)12-13-26-27-14-15-30(36)35(27,5)19-17-28(26)34;1-29-11-9-19(36-28-27(35)26(34)25(33)24(16-32)37-28)14-18(29)5-6-20-22-8-7-21(17-4-3-13-31-15-17)30(22,2)12-10-23(20)29;1-5-15-11(2)12(3)16(18(22-15)21-13(4)19)23-17(20)14-9-7-6-8-10-14/h7-12,15,21-22,25-29,31,33H,6,13-14,16-20H2,1-5H3;3-5,7,13,15,19-20,22-28,32-35H,6,8-12,14,16H2,1-2H3;6-12,15-16,18-19H,5H2,1-4H3/t21-,22-,25-,26?,27-,28-,29+,31+,33+,34-,35-;19-,20?,22-,23-,24+,25+,26-,27+,28+,29-,30+;11-,12-,15+,16+,18?/m000/s1. The lowest BCUT2D eigenvalue weighted by molar-refractivity contribution is -0.313. The Hall–Kier alpha value is -4.92. The SMILES string of the molecule is CC[C@H]1OC(OC(C)=N)[C@H](OC(=O)c2ccccc2)[C@@H](C)[C@@H]1C.CC[C@H]1O[C@@H](O[C@H]2CC[C@@]3(C)C(=CCC4[C@@H]3CC[C@]3(C)C(Br)=CC[C@@H]43)C2)[C@H](OC(=O)c2ccccc2)[C@@H](C)[C@@H]1C.C[C@]12CC[C@H](O[C@@H]3O[C@H](CO)[C@@H](O)[C@H](O)[C@H]3O)CC1=CCC1[C@@H]2CC[C@]2(C)C(c3cccnc3)=CC[C@@H]12. The number of hydrogen-bond acceptors (Lipinski definition) is 16. The Bertz CT molecular complexity index is 3460.